The molecule has 1 heterocycles. The molecule has 0 aromatic rings. The highest BCUT2D eigenvalue weighted by molar-refractivity contribution is 7.53. The van der Waals surface area contributed by atoms with Crippen LogP contribution < -0.4 is 0 Å². The zero-order valence-corrected chi connectivity index (χ0v) is 14.4. The normalized spacial score (nSPS) is 30.7. The van der Waals surface area contributed by atoms with Gasteiger partial charge in [-0.1, -0.05) is 0 Å². The van der Waals surface area contributed by atoms with Gasteiger partial charge in [-0.25, -0.2) is 0 Å². The third kappa shape index (κ3) is 6.68. The van der Waals surface area contributed by atoms with Gasteiger partial charge in [0.2, 0.25) is 0 Å². The molecule has 0 N–H and O–H groups in total. The van der Waals surface area contributed by atoms with Crippen molar-refractivity contribution in [3.05, 3.63) is 0 Å². The quantitative estimate of drug-likeness (QED) is 0.672. The van der Waals surface area contributed by atoms with Crippen LogP contribution in [0.15, 0.2) is 0 Å². The van der Waals surface area contributed by atoms with Crippen LogP contribution in [0.2, 0.25) is 0 Å². The van der Waals surface area contributed by atoms with Crippen LogP contribution >= 0.6 is 7.60 Å². The first-order valence-electron chi connectivity index (χ1n) is 7.41. The SMILES string of the molecule is CC(C)OCC1OC(C)CCC1OP(C)(=O)OC(C)C. The second-order valence-corrected chi connectivity index (χ2v) is 7.98. The van der Waals surface area contributed by atoms with E-state index >= 15 is 0 Å². The summed E-state index contributed by atoms with van der Waals surface area (Å²) in [6.45, 7) is 11.7. The van der Waals surface area contributed by atoms with Gasteiger partial charge in [-0.15, -0.1) is 0 Å². The molecule has 0 amide bonds. The monoisotopic (exact) mass is 308 g/mol. The van der Waals surface area contributed by atoms with Gasteiger partial charge >= 0.3 is 7.60 Å². The van der Waals surface area contributed by atoms with Crippen LogP contribution in [0.3, 0.4) is 0 Å². The molecule has 5 nitrogen and oxygen atoms in total. The molecule has 1 aliphatic heterocycles. The van der Waals surface area contributed by atoms with E-state index in [4.69, 9.17) is 18.5 Å². The Morgan fingerprint density at radius 3 is 2.40 bits per heavy atom. The lowest BCUT2D eigenvalue weighted by molar-refractivity contribution is -0.138. The lowest BCUT2D eigenvalue weighted by Crippen LogP contribution is -2.42. The van der Waals surface area contributed by atoms with Crippen LogP contribution in [0, 0.1) is 0 Å². The van der Waals surface area contributed by atoms with Crippen molar-refractivity contribution in [2.24, 2.45) is 0 Å². The summed E-state index contributed by atoms with van der Waals surface area (Å²) in [5, 5.41) is 0. The van der Waals surface area contributed by atoms with E-state index < -0.39 is 7.60 Å². The molecule has 0 bridgehead atoms. The van der Waals surface area contributed by atoms with Gasteiger partial charge in [-0.2, -0.15) is 0 Å². The van der Waals surface area contributed by atoms with E-state index in [1.807, 2.05) is 34.6 Å². The van der Waals surface area contributed by atoms with Crippen molar-refractivity contribution in [2.75, 3.05) is 13.3 Å². The van der Waals surface area contributed by atoms with Crippen molar-refractivity contribution in [3.63, 3.8) is 0 Å². The molecule has 0 aliphatic carbocycles. The predicted molar refractivity (Wildman–Crippen MR) is 79.3 cm³/mol. The smallest absolute Gasteiger partial charge is 0.328 e. The van der Waals surface area contributed by atoms with Crippen LogP contribution in [-0.2, 0) is 23.1 Å². The number of ether oxygens (including phenoxy) is 2. The Morgan fingerprint density at radius 1 is 1.20 bits per heavy atom. The Morgan fingerprint density at radius 2 is 1.85 bits per heavy atom. The van der Waals surface area contributed by atoms with Crippen molar-refractivity contribution < 1.29 is 23.1 Å². The molecular formula is C14H29O5P. The minimum Gasteiger partial charge on any atom is -0.376 e. The predicted octanol–water partition coefficient (Wildman–Crippen LogP) is 3.61. The van der Waals surface area contributed by atoms with Crippen molar-refractivity contribution in [1.29, 1.82) is 0 Å². The van der Waals surface area contributed by atoms with Crippen LogP contribution in [0.4, 0.5) is 0 Å². The van der Waals surface area contributed by atoms with Gasteiger partial charge in [0.05, 0.1) is 31.0 Å². The Labute approximate surface area is 122 Å². The topological polar surface area (TPSA) is 54.0 Å². The van der Waals surface area contributed by atoms with Gasteiger partial charge < -0.3 is 18.5 Å². The molecule has 20 heavy (non-hydrogen) atoms. The standard InChI is InChI=1S/C14H29O5P/c1-10(2)16-9-14-13(8-7-12(5)17-14)19-20(6,15)18-11(3)4/h10-14H,7-9H2,1-6H3. The largest absolute Gasteiger partial charge is 0.376 e. The summed E-state index contributed by atoms with van der Waals surface area (Å²) in [4.78, 5) is 0. The first-order valence-corrected chi connectivity index (χ1v) is 9.40. The first-order chi connectivity index (χ1) is 9.19. The van der Waals surface area contributed by atoms with Crippen LogP contribution in [-0.4, -0.2) is 43.8 Å². The summed E-state index contributed by atoms with van der Waals surface area (Å²) >= 11 is 0. The first kappa shape index (κ1) is 18.1. The fourth-order valence-corrected chi connectivity index (χ4v) is 3.80. The van der Waals surface area contributed by atoms with E-state index in [2.05, 4.69) is 0 Å². The van der Waals surface area contributed by atoms with Crippen molar-refractivity contribution >= 4 is 7.60 Å². The zero-order valence-electron chi connectivity index (χ0n) is 13.5. The molecule has 0 saturated carbocycles. The van der Waals surface area contributed by atoms with E-state index in [0.717, 1.165) is 12.8 Å². The fraction of sp³-hybridized carbons (Fsp3) is 1.00. The Balaban J connectivity index is 2.61. The van der Waals surface area contributed by atoms with E-state index in [0.29, 0.717) is 6.61 Å². The molecule has 1 saturated heterocycles. The van der Waals surface area contributed by atoms with Crippen LogP contribution in [0.5, 0.6) is 0 Å². The Bertz CT molecular complexity index is 332. The molecule has 6 heteroatoms. The number of rotatable bonds is 7. The van der Waals surface area contributed by atoms with Gasteiger partial charge in [0.15, 0.2) is 0 Å². The van der Waals surface area contributed by atoms with E-state index in [9.17, 15) is 4.57 Å². The van der Waals surface area contributed by atoms with Crippen LogP contribution in [0.1, 0.15) is 47.5 Å². The van der Waals surface area contributed by atoms with E-state index in [1.54, 1.807) is 0 Å². The van der Waals surface area contributed by atoms with Gasteiger partial charge in [-0.05, 0) is 47.5 Å². The lowest BCUT2D eigenvalue weighted by Gasteiger charge is -2.36. The highest BCUT2D eigenvalue weighted by atomic mass is 31.2. The minimum atomic E-state index is -3.06. The fourth-order valence-electron chi connectivity index (χ4n) is 2.25. The minimum absolute atomic E-state index is 0.125. The molecule has 120 valence electrons. The molecule has 1 rings (SSSR count). The van der Waals surface area contributed by atoms with Gasteiger partial charge in [0.25, 0.3) is 0 Å². The van der Waals surface area contributed by atoms with E-state index in [-0.39, 0.29) is 30.5 Å². The molecule has 1 aliphatic rings. The van der Waals surface area contributed by atoms with Crippen molar-refractivity contribution in [2.45, 2.75) is 78.0 Å². The van der Waals surface area contributed by atoms with Crippen LogP contribution in [0.25, 0.3) is 0 Å². The molecule has 0 spiro atoms. The average molecular weight is 308 g/mol. The summed E-state index contributed by atoms with van der Waals surface area (Å²) in [6.07, 6.45) is 1.47. The summed E-state index contributed by atoms with van der Waals surface area (Å²) in [6, 6.07) is 0. The number of hydrogen-bond donors (Lipinski definition) is 0. The van der Waals surface area contributed by atoms with Crippen molar-refractivity contribution in [1.82, 2.24) is 0 Å². The maximum Gasteiger partial charge on any atom is 0.328 e. The third-order valence-corrected chi connectivity index (χ3v) is 4.46. The summed E-state index contributed by atoms with van der Waals surface area (Å²) in [5.41, 5.74) is 0. The molecule has 0 aromatic carbocycles. The van der Waals surface area contributed by atoms with Gasteiger partial charge in [0, 0.05) is 6.66 Å². The lowest BCUT2D eigenvalue weighted by atomic mass is 10.0. The van der Waals surface area contributed by atoms with Crippen molar-refractivity contribution in [3.8, 4) is 0 Å². The van der Waals surface area contributed by atoms with E-state index in [1.165, 1.54) is 6.66 Å². The Kier molecular flexibility index (Phi) is 7.16. The summed E-state index contributed by atoms with van der Waals surface area (Å²) in [5.74, 6) is 0. The van der Waals surface area contributed by atoms with Gasteiger partial charge in [-0.3, -0.25) is 4.57 Å². The number of hydrogen-bond acceptors (Lipinski definition) is 5. The van der Waals surface area contributed by atoms with Gasteiger partial charge in [0.1, 0.15) is 6.10 Å². The second-order valence-electron chi connectivity index (χ2n) is 6.01. The maximum atomic E-state index is 12.3. The summed E-state index contributed by atoms with van der Waals surface area (Å²) in [7, 11) is -3.06. The Hall–Kier alpha value is 0.0700. The highest BCUT2D eigenvalue weighted by Crippen LogP contribution is 2.48. The second kappa shape index (κ2) is 7.90. The summed E-state index contributed by atoms with van der Waals surface area (Å²) < 4.78 is 34.9. The molecule has 1 fully saturated rings. The maximum absolute atomic E-state index is 12.3. The highest BCUT2D eigenvalue weighted by Gasteiger charge is 2.35. The zero-order chi connectivity index (χ0) is 15.3. The molecule has 4 atom stereocenters. The molecule has 4 unspecified atom stereocenters. The average Bonchev–Trinajstić information content (AvgIpc) is 2.27. The molecule has 0 radical (unpaired) electrons. The molecule has 0 aromatic heterocycles. The third-order valence-electron chi connectivity index (χ3n) is 3.00. The molecular weight excluding hydrogens is 279 g/mol.